The fourth-order valence-corrected chi connectivity index (χ4v) is 5.13. The summed E-state index contributed by atoms with van der Waals surface area (Å²) in [5, 5.41) is 2.74. The number of nitrogens with one attached hydrogen (secondary N) is 1. The molecule has 2 aromatic rings. The van der Waals surface area contributed by atoms with Crippen LogP contribution in [0, 0.1) is 0 Å². The predicted molar refractivity (Wildman–Crippen MR) is 134 cm³/mol. The minimum absolute atomic E-state index is 0.180. The molecule has 1 amide bonds. The van der Waals surface area contributed by atoms with E-state index >= 15 is 0 Å². The number of benzene rings is 2. The third-order valence-corrected chi connectivity index (χ3v) is 7.14. The maximum Gasteiger partial charge on any atom is 0.305 e. The van der Waals surface area contributed by atoms with E-state index < -0.39 is 10.0 Å². The van der Waals surface area contributed by atoms with Crippen molar-refractivity contribution in [3.63, 3.8) is 0 Å². The van der Waals surface area contributed by atoms with Crippen LogP contribution >= 0.6 is 0 Å². The first-order valence-electron chi connectivity index (χ1n) is 12.0. The molecule has 186 valence electrons. The third-order valence-electron chi connectivity index (χ3n) is 5.22. The molecule has 0 saturated heterocycles. The second-order valence-electron chi connectivity index (χ2n) is 8.14. The highest BCUT2D eigenvalue weighted by molar-refractivity contribution is 7.89. The first-order valence-corrected chi connectivity index (χ1v) is 13.4. The van der Waals surface area contributed by atoms with Gasteiger partial charge in [-0.1, -0.05) is 44.2 Å². The van der Waals surface area contributed by atoms with Crippen molar-refractivity contribution in [2.45, 2.75) is 63.7 Å². The number of sulfonamides is 1. The molecule has 0 aliphatic rings. The molecule has 34 heavy (non-hydrogen) atoms. The number of anilines is 1. The molecule has 0 atom stereocenters. The van der Waals surface area contributed by atoms with Crippen molar-refractivity contribution in [2.75, 3.05) is 25.0 Å². The van der Waals surface area contributed by atoms with Gasteiger partial charge in [0.05, 0.1) is 11.5 Å². The second kappa shape index (κ2) is 14.5. The van der Waals surface area contributed by atoms with Crippen LogP contribution in [0.4, 0.5) is 5.69 Å². The van der Waals surface area contributed by atoms with Crippen LogP contribution in [0.5, 0.6) is 0 Å². The van der Waals surface area contributed by atoms with Gasteiger partial charge >= 0.3 is 5.97 Å². The van der Waals surface area contributed by atoms with E-state index in [0.29, 0.717) is 31.8 Å². The summed E-state index contributed by atoms with van der Waals surface area (Å²) in [5.74, 6) is -0.537. The van der Waals surface area contributed by atoms with E-state index in [9.17, 15) is 18.0 Å². The number of esters is 1. The van der Waals surface area contributed by atoms with Crippen molar-refractivity contribution in [3.05, 3.63) is 60.2 Å². The second-order valence-corrected chi connectivity index (χ2v) is 10.1. The normalized spacial score (nSPS) is 11.4. The lowest BCUT2D eigenvalue weighted by Crippen LogP contribution is -2.32. The highest BCUT2D eigenvalue weighted by Gasteiger charge is 2.22. The molecule has 0 unspecified atom stereocenters. The maximum absolute atomic E-state index is 12.8. The van der Waals surface area contributed by atoms with E-state index in [-0.39, 0.29) is 29.6 Å². The van der Waals surface area contributed by atoms with Crippen LogP contribution in [-0.4, -0.2) is 44.3 Å². The van der Waals surface area contributed by atoms with Crippen LogP contribution in [-0.2, 0) is 30.8 Å². The Kier molecular flexibility index (Phi) is 11.8. The highest BCUT2D eigenvalue weighted by atomic mass is 32.2. The Labute approximate surface area is 203 Å². The molecule has 0 aliphatic heterocycles. The molecule has 2 rings (SSSR count). The van der Waals surface area contributed by atoms with Crippen LogP contribution in [0.2, 0.25) is 0 Å². The van der Waals surface area contributed by atoms with E-state index in [4.69, 9.17) is 4.74 Å². The lowest BCUT2D eigenvalue weighted by atomic mass is 10.1. The van der Waals surface area contributed by atoms with Gasteiger partial charge in [0.1, 0.15) is 0 Å². The summed E-state index contributed by atoms with van der Waals surface area (Å²) >= 11 is 0. The van der Waals surface area contributed by atoms with Gasteiger partial charge in [-0.05, 0) is 61.9 Å². The Morgan fingerprint density at radius 1 is 0.882 bits per heavy atom. The standard InChI is InChI=1S/C26H36N2O5S/c1-3-19-28(20-4-2)34(31,32)24-17-15-23(16-18-24)27-25(29)13-8-14-26(30)33-21-9-12-22-10-6-5-7-11-22/h5-7,10-11,15-18H,3-4,8-9,12-14,19-21H2,1-2H3,(H,27,29). The molecular weight excluding hydrogens is 452 g/mol. The summed E-state index contributed by atoms with van der Waals surface area (Å²) in [4.78, 5) is 24.3. The fraction of sp³-hybridized carbons (Fsp3) is 0.462. The van der Waals surface area contributed by atoms with Gasteiger partial charge in [-0.2, -0.15) is 4.31 Å². The molecule has 2 aromatic carbocycles. The average Bonchev–Trinajstić information content (AvgIpc) is 2.83. The number of ether oxygens (including phenoxy) is 1. The Hall–Kier alpha value is -2.71. The Balaban J connectivity index is 1.71. The van der Waals surface area contributed by atoms with Gasteiger partial charge < -0.3 is 10.1 Å². The minimum Gasteiger partial charge on any atom is -0.466 e. The van der Waals surface area contributed by atoms with Gasteiger partial charge in [0, 0.05) is 31.6 Å². The van der Waals surface area contributed by atoms with Crippen molar-refractivity contribution >= 4 is 27.6 Å². The molecule has 8 heteroatoms. The number of carbonyl (C=O) groups is 2. The van der Waals surface area contributed by atoms with E-state index in [1.807, 2.05) is 44.2 Å². The molecular formula is C26H36N2O5S. The van der Waals surface area contributed by atoms with Gasteiger partial charge in [-0.3, -0.25) is 9.59 Å². The Morgan fingerprint density at radius 3 is 2.15 bits per heavy atom. The van der Waals surface area contributed by atoms with Crippen molar-refractivity contribution in [2.24, 2.45) is 0 Å². The number of carbonyl (C=O) groups excluding carboxylic acids is 2. The number of amides is 1. The third kappa shape index (κ3) is 9.27. The zero-order chi connectivity index (χ0) is 24.8. The van der Waals surface area contributed by atoms with Crippen LogP contribution in [0.25, 0.3) is 0 Å². The quantitative estimate of drug-likeness (QED) is 0.288. The van der Waals surface area contributed by atoms with Gasteiger partial charge in [0.2, 0.25) is 15.9 Å². The maximum atomic E-state index is 12.8. The van der Waals surface area contributed by atoms with Gasteiger partial charge in [-0.15, -0.1) is 0 Å². The van der Waals surface area contributed by atoms with Gasteiger partial charge in [0.25, 0.3) is 0 Å². The van der Waals surface area contributed by atoms with Crippen LogP contribution in [0.3, 0.4) is 0 Å². The first kappa shape index (κ1) is 27.5. The topological polar surface area (TPSA) is 92.8 Å². The molecule has 0 fully saturated rings. The highest BCUT2D eigenvalue weighted by Crippen LogP contribution is 2.19. The number of aryl methyl sites for hydroxylation is 1. The van der Waals surface area contributed by atoms with Crippen molar-refractivity contribution in [3.8, 4) is 0 Å². The first-order chi connectivity index (χ1) is 16.4. The molecule has 0 bridgehead atoms. The number of hydrogen-bond donors (Lipinski definition) is 1. The number of rotatable bonds is 15. The molecule has 0 saturated carbocycles. The molecule has 7 nitrogen and oxygen atoms in total. The van der Waals surface area contributed by atoms with Crippen LogP contribution < -0.4 is 5.32 Å². The summed E-state index contributed by atoms with van der Waals surface area (Å²) in [6.07, 6.45) is 3.85. The zero-order valence-electron chi connectivity index (χ0n) is 20.2. The zero-order valence-corrected chi connectivity index (χ0v) is 21.0. The molecule has 1 N–H and O–H groups in total. The summed E-state index contributed by atoms with van der Waals surface area (Å²) in [6, 6.07) is 16.2. The van der Waals surface area contributed by atoms with E-state index in [0.717, 1.165) is 25.7 Å². The lowest BCUT2D eigenvalue weighted by Gasteiger charge is -2.21. The summed E-state index contributed by atoms with van der Waals surface area (Å²) in [7, 11) is -3.55. The molecule has 0 heterocycles. The van der Waals surface area contributed by atoms with Gasteiger partial charge in [0.15, 0.2) is 0 Å². The largest absolute Gasteiger partial charge is 0.466 e. The Morgan fingerprint density at radius 2 is 1.53 bits per heavy atom. The van der Waals surface area contributed by atoms with Crippen molar-refractivity contribution in [1.29, 1.82) is 0 Å². The molecule has 0 spiro atoms. The lowest BCUT2D eigenvalue weighted by molar-refractivity contribution is -0.143. The Bertz CT molecular complexity index is 986. The van der Waals surface area contributed by atoms with Gasteiger partial charge in [-0.25, -0.2) is 8.42 Å². The fourth-order valence-electron chi connectivity index (χ4n) is 3.51. The monoisotopic (exact) mass is 488 g/mol. The van der Waals surface area contributed by atoms with Crippen LogP contribution in [0.15, 0.2) is 59.5 Å². The summed E-state index contributed by atoms with van der Waals surface area (Å²) in [6.45, 7) is 5.21. The molecule has 0 aliphatic carbocycles. The van der Waals surface area contributed by atoms with Crippen molar-refractivity contribution < 1.29 is 22.7 Å². The predicted octanol–water partition coefficient (Wildman–Crippen LogP) is 4.78. The number of nitrogens with zero attached hydrogens (tertiary/aromatic N) is 1. The minimum atomic E-state index is -3.55. The van der Waals surface area contributed by atoms with E-state index in [1.165, 1.54) is 22.0 Å². The van der Waals surface area contributed by atoms with E-state index in [1.54, 1.807) is 12.1 Å². The SMILES string of the molecule is CCCN(CCC)S(=O)(=O)c1ccc(NC(=O)CCCC(=O)OCCCc2ccccc2)cc1. The van der Waals surface area contributed by atoms with Crippen molar-refractivity contribution in [1.82, 2.24) is 4.31 Å². The number of hydrogen-bond acceptors (Lipinski definition) is 5. The summed E-state index contributed by atoms with van der Waals surface area (Å²) < 4.78 is 32.3. The molecule has 0 aromatic heterocycles. The van der Waals surface area contributed by atoms with Crippen LogP contribution in [0.1, 0.15) is 57.9 Å². The molecule has 0 radical (unpaired) electrons. The average molecular weight is 489 g/mol. The summed E-state index contributed by atoms with van der Waals surface area (Å²) in [5.41, 5.74) is 1.73. The van der Waals surface area contributed by atoms with E-state index in [2.05, 4.69) is 5.32 Å². The smallest absolute Gasteiger partial charge is 0.305 e.